The lowest BCUT2D eigenvalue weighted by atomic mass is 10.2. The van der Waals surface area contributed by atoms with Gasteiger partial charge in [0.15, 0.2) is 0 Å². The molecule has 2 nitrogen and oxygen atoms in total. The maximum atomic E-state index is 5.75. The van der Waals surface area contributed by atoms with Gasteiger partial charge in [0.2, 0.25) is 0 Å². The van der Waals surface area contributed by atoms with Gasteiger partial charge in [-0.25, -0.2) is 9.97 Å². The summed E-state index contributed by atoms with van der Waals surface area (Å²) in [4.78, 5) is 8.31. The van der Waals surface area contributed by atoms with E-state index in [2.05, 4.69) is 23.8 Å². The summed E-state index contributed by atoms with van der Waals surface area (Å²) in [5, 5.41) is 0.502. The minimum absolute atomic E-state index is 0.0646. The minimum Gasteiger partial charge on any atom is -0.240 e. The van der Waals surface area contributed by atoms with Crippen LogP contribution >= 0.6 is 23.4 Å². The molecule has 0 unspecified atom stereocenters. The summed E-state index contributed by atoms with van der Waals surface area (Å²) < 4.78 is -0.0646. The fourth-order valence-corrected chi connectivity index (χ4v) is 1.14. The molecule has 0 atom stereocenters. The summed E-state index contributed by atoms with van der Waals surface area (Å²) in [7, 11) is 0. The molecule has 0 amide bonds. The molecule has 0 aliphatic carbocycles. The number of hydrogen-bond donors (Lipinski definition) is 0. The van der Waals surface area contributed by atoms with E-state index < -0.39 is 0 Å². The van der Waals surface area contributed by atoms with Crippen molar-refractivity contribution in [2.24, 2.45) is 0 Å². The molecule has 0 spiro atoms. The fourth-order valence-electron chi connectivity index (χ4n) is 0.718. The van der Waals surface area contributed by atoms with Crippen LogP contribution in [0.5, 0.6) is 0 Å². The molecule has 1 rings (SSSR count). The van der Waals surface area contributed by atoms with Crippen LogP contribution in [0.4, 0.5) is 0 Å². The molecule has 0 aromatic carbocycles. The van der Waals surface area contributed by atoms with Gasteiger partial charge in [0.25, 0.3) is 0 Å². The molecular weight excluding hydrogens is 192 g/mol. The number of rotatable bonds is 2. The Kier molecular flexibility index (Phi) is 2.96. The fraction of sp³-hybridized carbons (Fsp3) is 0.500. The summed E-state index contributed by atoms with van der Waals surface area (Å²) in [5.74, 6) is 0.780. The van der Waals surface area contributed by atoms with Crippen LogP contribution in [-0.4, -0.2) is 16.2 Å². The molecule has 0 bridgehead atoms. The third-order valence-corrected chi connectivity index (χ3v) is 3.08. The zero-order chi connectivity index (χ0) is 9.19. The molecule has 0 N–H and O–H groups in total. The smallest absolute Gasteiger partial charge is 0.145 e. The van der Waals surface area contributed by atoms with Gasteiger partial charge in [0, 0.05) is 6.20 Å². The third kappa shape index (κ3) is 2.11. The van der Waals surface area contributed by atoms with Gasteiger partial charge in [-0.1, -0.05) is 11.6 Å². The van der Waals surface area contributed by atoms with E-state index in [1.165, 1.54) is 0 Å². The molecular formula is C8H11ClN2S. The van der Waals surface area contributed by atoms with Gasteiger partial charge < -0.3 is 0 Å². The molecule has 66 valence electrons. The number of hydrogen-bond acceptors (Lipinski definition) is 3. The normalized spacial score (nSPS) is 11.7. The third-order valence-electron chi connectivity index (χ3n) is 1.67. The van der Waals surface area contributed by atoms with Gasteiger partial charge in [-0.15, -0.1) is 0 Å². The van der Waals surface area contributed by atoms with E-state index >= 15 is 0 Å². The quantitative estimate of drug-likeness (QED) is 0.690. The van der Waals surface area contributed by atoms with E-state index in [1.807, 2.05) is 6.26 Å². The lowest BCUT2D eigenvalue weighted by Gasteiger charge is -2.19. The average Bonchev–Trinajstić information content (AvgIpc) is 2.05. The maximum Gasteiger partial charge on any atom is 0.145 e. The molecule has 1 aromatic heterocycles. The monoisotopic (exact) mass is 202 g/mol. The highest BCUT2D eigenvalue weighted by Gasteiger charge is 2.22. The van der Waals surface area contributed by atoms with Gasteiger partial charge >= 0.3 is 0 Å². The van der Waals surface area contributed by atoms with Crippen molar-refractivity contribution in [2.75, 3.05) is 6.26 Å². The second-order valence-electron chi connectivity index (χ2n) is 2.92. The Balaban J connectivity index is 3.03. The zero-order valence-corrected chi connectivity index (χ0v) is 8.91. The molecule has 0 radical (unpaired) electrons. The average molecular weight is 203 g/mol. The van der Waals surface area contributed by atoms with Crippen LogP contribution in [0.3, 0.4) is 0 Å². The number of nitrogens with zero attached hydrogens (tertiary/aromatic N) is 2. The van der Waals surface area contributed by atoms with Crippen LogP contribution in [0.1, 0.15) is 19.7 Å². The Hall–Kier alpha value is -0.280. The Morgan fingerprint density at radius 2 is 2.17 bits per heavy atom. The minimum atomic E-state index is -0.0646. The van der Waals surface area contributed by atoms with Crippen molar-refractivity contribution >= 4 is 23.4 Å². The van der Waals surface area contributed by atoms with Gasteiger partial charge in [-0.05, 0) is 26.2 Å². The first-order chi connectivity index (χ1) is 5.56. The molecule has 0 aliphatic heterocycles. The summed E-state index contributed by atoms with van der Waals surface area (Å²) in [6.45, 7) is 4.15. The highest BCUT2D eigenvalue weighted by molar-refractivity contribution is 7.99. The van der Waals surface area contributed by atoms with E-state index in [-0.39, 0.29) is 4.75 Å². The molecule has 0 saturated heterocycles. The van der Waals surface area contributed by atoms with Crippen molar-refractivity contribution in [3.05, 3.63) is 23.2 Å². The van der Waals surface area contributed by atoms with Crippen LogP contribution in [0.15, 0.2) is 12.3 Å². The maximum absolute atomic E-state index is 5.75. The van der Waals surface area contributed by atoms with Crippen LogP contribution in [0.2, 0.25) is 5.15 Å². The van der Waals surface area contributed by atoms with Crippen molar-refractivity contribution in [2.45, 2.75) is 18.6 Å². The lowest BCUT2D eigenvalue weighted by Crippen LogP contribution is -2.15. The summed E-state index contributed by atoms with van der Waals surface area (Å²) in [6.07, 6.45) is 3.72. The van der Waals surface area contributed by atoms with Crippen molar-refractivity contribution < 1.29 is 0 Å². The molecule has 0 fully saturated rings. The van der Waals surface area contributed by atoms with E-state index in [0.29, 0.717) is 5.15 Å². The lowest BCUT2D eigenvalue weighted by molar-refractivity contribution is 0.709. The van der Waals surface area contributed by atoms with Crippen LogP contribution in [-0.2, 0) is 4.75 Å². The first-order valence-electron chi connectivity index (χ1n) is 3.60. The second kappa shape index (κ2) is 3.62. The first kappa shape index (κ1) is 9.81. The summed E-state index contributed by atoms with van der Waals surface area (Å²) >= 11 is 7.45. The Bertz CT molecular complexity index is 276. The van der Waals surface area contributed by atoms with E-state index in [4.69, 9.17) is 11.6 Å². The Morgan fingerprint density at radius 3 is 2.67 bits per heavy atom. The number of halogens is 1. The predicted molar refractivity (Wildman–Crippen MR) is 53.6 cm³/mol. The molecule has 12 heavy (non-hydrogen) atoms. The van der Waals surface area contributed by atoms with Gasteiger partial charge in [-0.2, -0.15) is 11.8 Å². The van der Waals surface area contributed by atoms with Crippen LogP contribution < -0.4 is 0 Å². The highest BCUT2D eigenvalue weighted by atomic mass is 35.5. The topological polar surface area (TPSA) is 25.8 Å². The highest BCUT2D eigenvalue weighted by Crippen LogP contribution is 2.30. The zero-order valence-electron chi connectivity index (χ0n) is 7.34. The number of thioether (sulfide) groups is 1. The molecule has 0 saturated carbocycles. The Morgan fingerprint density at radius 1 is 1.50 bits per heavy atom. The van der Waals surface area contributed by atoms with E-state index in [1.54, 1.807) is 24.0 Å². The van der Waals surface area contributed by atoms with E-state index in [0.717, 1.165) is 5.82 Å². The van der Waals surface area contributed by atoms with Gasteiger partial charge in [0.05, 0.1) is 4.75 Å². The van der Waals surface area contributed by atoms with Crippen LogP contribution in [0, 0.1) is 0 Å². The molecule has 4 heteroatoms. The van der Waals surface area contributed by atoms with E-state index in [9.17, 15) is 0 Å². The molecule has 0 aliphatic rings. The summed E-state index contributed by atoms with van der Waals surface area (Å²) in [5.41, 5.74) is 0. The standard InChI is InChI=1S/C8H11ClN2S/c1-8(2,12-3)7-10-5-4-6(9)11-7/h4-5H,1-3H3. The van der Waals surface area contributed by atoms with Crippen molar-refractivity contribution in [3.8, 4) is 0 Å². The van der Waals surface area contributed by atoms with Crippen molar-refractivity contribution in [1.29, 1.82) is 0 Å². The van der Waals surface area contributed by atoms with Crippen molar-refractivity contribution in [3.63, 3.8) is 0 Å². The second-order valence-corrected chi connectivity index (χ2v) is 4.73. The first-order valence-corrected chi connectivity index (χ1v) is 5.21. The molecule has 1 heterocycles. The Labute approximate surface area is 81.8 Å². The van der Waals surface area contributed by atoms with Gasteiger partial charge in [0.1, 0.15) is 11.0 Å². The summed E-state index contributed by atoms with van der Waals surface area (Å²) in [6, 6.07) is 1.68. The van der Waals surface area contributed by atoms with Crippen LogP contribution in [0.25, 0.3) is 0 Å². The molecule has 1 aromatic rings. The predicted octanol–water partition coefficient (Wildman–Crippen LogP) is 2.73. The SMILES string of the molecule is CSC(C)(C)c1nccc(Cl)n1. The largest absolute Gasteiger partial charge is 0.240 e. The number of aromatic nitrogens is 2. The van der Waals surface area contributed by atoms with Gasteiger partial charge in [-0.3, -0.25) is 0 Å². The van der Waals surface area contributed by atoms with Crippen molar-refractivity contribution in [1.82, 2.24) is 9.97 Å².